The number of benzene rings is 2. The van der Waals surface area contributed by atoms with Crippen LogP contribution in [0, 0.1) is 10.1 Å². The van der Waals surface area contributed by atoms with Gasteiger partial charge < -0.3 is 5.32 Å². The van der Waals surface area contributed by atoms with Crippen molar-refractivity contribution in [1.82, 2.24) is 0 Å². The van der Waals surface area contributed by atoms with Crippen LogP contribution in [-0.2, 0) is 4.79 Å². The van der Waals surface area contributed by atoms with E-state index >= 15 is 0 Å². The first-order valence-corrected chi connectivity index (χ1v) is 6.98. The molecule has 0 bridgehead atoms. The summed E-state index contributed by atoms with van der Waals surface area (Å²) in [7, 11) is 0. The zero-order valence-electron chi connectivity index (χ0n) is 11.0. The second-order valence-electron chi connectivity index (χ2n) is 4.67. The molecule has 0 unspecified atom stereocenters. The fraction of sp³-hybridized carbons (Fsp3) is 0. The predicted octanol–water partition coefficient (Wildman–Crippen LogP) is 4.39. The number of hydrogen-bond donors (Lipinski definition) is 1. The highest BCUT2D eigenvalue weighted by Gasteiger charge is 2.24. The van der Waals surface area contributed by atoms with Crippen LogP contribution in [0.25, 0.3) is 11.6 Å². The molecule has 0 aliphatic carbocycles. The molecule has 110 valence electrons. The van der Waals surface area contributed by atoms with Gasteiger partial charge in [-0.2, -0.15) is 0 Å². The van der Waals surface area contributed by atoms with Crippen LogP contribution >= 0.6 is 23.2 Å². The number of halogens is 2. The van der Waals surface area contributed by atoms with Crippen LogP contribution in [-0.4, -0.2) is 10.8 Å². The molecule has 1 amide bonds. The molecule has 1 heterocycles. The van der Waals surface area contributed by atoms with E-state index < -0.39 is 4.92 Å². The molecule has 7 heteroatoms. The summed E-state index contributed by atoms with van der Waals surface area (Å²) in [5.41, 5.74) is 2.05. The number of nitro benzene ring substituents is 1. The van der Waals surface area contributed by atoms with Gasteiger partial charge >= 0.3 is 0 Å². The lowest BCUT2D eigenvalue weighted by molar-refractivity contribution is -0.384. The molecule has 0 fully saturated rings. The monoisotopic (exact) mass is 334 g/mol. The number of nitrogens with one attached hydrogen (secondary N) is 1. The van der Waals surface area contributed by atoms with Crippen molar-refractivity contribution in [2.45, 2.75) is 0 Å². The number of nitro groups is 1. The van der Waals surface area contributed by atoms with E-state index in [4.69, 9.17) is 23.2 Å². The highest BCUT2D eigenvalue weighted by molar-refractivity contribution is 6.36. The van der Waals surface area contributed by atoms with Gasteiger partial charge in [-0.25, -0.2) is 0 Å². The van der Waals surface area contributed by atoms with Gasteiger partial charge in [0.1, 0.15) is 5.02 Å². The van der Waals surface area contributed by atoms with Gasteiger partial charge in [0, 0.05) is 22.2 Å². The molecule has 0 radical (unpaired) electrons. The third kappa shape index (κ3) is 2.56. The first-order chi connectivity index (χ1) is 10.5. The molecule has 2 aromatic rings. The molecule has 1 N–H and O–H groups in total. The molecule has 0 saturated carbocycles. The van der Waals surface area contributed by atoms with Crippen molar-refractivity contribution in [3.8, 4) is 0 Å². The predicted molar refractivity (Wildman–Crippen MR) is 86.1 cm³/mol. The fourth-order valence-corrected chi connectivity index (χ4v) is 2.59. The first-order valence-electron chi connectivity index (χ1n) is 6.22. The molecule has 3 rings (SSSR count). The second-order valence-corrected chi connectivity index (χ2v) is 5.51. The molecule has 1 aliphatic heterocycles. The Morgan fingerprint density at radius 1 is 1.14 bits per heavy atom. The van der Waals surface area contributed by atoms with Crippen LogP contribution < -0.4 is 5.32 Å². The van der Waals surface area contributed by atoms with Crippen LogP contribution in [0.15, 0.2) is 36.4 Å². The smallest absolute Gasteiger partial charge is 0.288 e. The lowest BCUT2D eigenvalue weighted by Crippen LogP contribution is -2.03. The minimum Gasteiger partial charge on any atom is -0.321 e. The van der Waals surface area contributed by atoms with Gasteiger partial charge in [-0.3, -0.25) is 14.9 Å². The summed E-state index contributed by atoms with van der Waals surface area (Å²) in [6, 6.07) is 9.44. The van der Waals surface area contributed by atoms with Crippen molar-refractivity contribution < 1.29 is 9.72 Å². The van der Waals surface area contributed by atoms with Gasteiger partial charge in [-0.15, -0.1) is 0 Å². The van der Waals surface area contributed by atoms with Crippen molar-refractivity contribution >= 4 is 52.1 Å². The Morgan fingerprint density at radius 3 is 2.64 bits per heavy atom. The van der Waals surface area contributed by atoms with Crippen LogP contribution in [0.5, 0.6) is 0 Å². The van der Waals surface area contributed by atoms with Gasteiger partial charge in [0.15, 0.2) is 0 Å². The quantitative estimate of drug-likeness (QED) is 0.502. The van der Waals surface area contributed by atoms with Crippen molar-refractivity contribution in [3.63, 3.8) is 0 Å². The number of carbonyl (C=O) groups excluding carboxylic acids is 1. The number of nitrogens with zero attached hydrogens (tertiary/aromatic N) is 1. The third-order valence-corrected chi connectivity index (χ3v) is 3.80. The first kappa shape index (κ1) is 14.6. The van der Waals surface area contributed by atoms with E-state index in [9.17, 15) is 14.9 Å². The summed E-state index contributed by atoms with van der Waals surface area (Å²) in [5.74, 6) is -0.283. The highest BCUT2D eigenvalue weighted by atomic mass is 35.5. The molecule has 0 spiro atoms. The third-order valence-electron chi connectivity index (χ3n) is 3.24. The van der Waals surface area contributed by atoms with E-state index in [1.165, 1.54) is 12.1 Å². The summed E-state index contributed by atoms with van der Waals surface area (Å²) >= 11 is 11.7. The van der Waals surface area contributed by atoms with Crippen LogP contribution in [0.4, 0.5) is 11.4 Å². The summed E-state index contributed by atoms with van der Waals surface area (Å²) in [5, 5.41) is 14.2. The average Bonchev–Trinajstić information content (AvgIpc) is 2.76. The van der Waals surface area contributed by atoms with Gasteiger partial charge in [0.05, 0.1) is 10.6 Å². The fourth-order valence-electron chi connectivity index (χ4n) is 2.24. The molecule has 2 aromatic carbocycles. The Bertz CT molecular complexity index is 847. The average molecular weight is 335 g/mol. The molecule has 1 aliphatic rings. The summed E-state index contributed by atoms with van der Waals surface area (Å²) in [4.78, 5) is 22.4. The molecule has 22 heavy (non-hydrogen) atoms. The van der Waals surface area contributed by atoms with E-state index in [-0.39, 0.29) is 16.6 Å². The lowest BCUT2D eigenvalue weighted by Gasteiger charge is -2.00. The van der Waals surface area contributed by atoms with Crippen molar-refractivity contribution in [3.05, 3.63) is 67.7 Å². The van der Waals surface area contributed by atoms with Gasteiger partial charge in [0.2, 0.25) is 0 Å². The Balaban J connectivity index is 2.09. The number of rotatable bonds is 2. The van der Waals surface area contributed by atoms with E-state index in [0.29, 0.717) is 27.4 Å². The molecular formula is C15H8Cl2N2O3. The lowest BCUT2D eigenvalue weighted by atomic mass is 10.0. The van der Waals surface area contributed by atoms with Crippen molar-refractivity contribution in [2.24, 2.45) is 0 Å². The molecular weight excluding hydrogens is 327 g/mol. The highest BCUT2D eigenvalue weighted by Crippen LogP contribution is 2.35. The van der Waals surface area contributed by atoms with Gasteiger partial charge in [0.25, 0.3) is 11.6 Å². The van der Waals surface area contributed by atoms with Gasteiger partial charge in [-0.1, -0.05) is 35.3 Å². The van der Waals surface area contributed by atoms with Crippen LogP contribution in [0.2, 0.25) is 10.0 Å². The maximum Gasteiger partial charge on any atom is 0.288 e. The zero-order chi connectivity index (χ0) is 15.9. The Morgan fingerprint density at radius 2 is 1.91 bits per heavy atom. The summed E-state index contributed by atoms with van der Waals surface area (Å²) in [6.07, 6.45) is 1.58. The summed E-state index contributed by atoms with van der Waals surface area (Å²) in [6.45, 7) is 0. The number of anilines is 1. The van der Waals surface area contributed by atoms with Crippen molar-refractivity contribution in [2.75, 3.05) is 5.32 Å². The minimum absolute atomic E-state index is 0.0511. The standard InChI is InChI=1S/C15H8Cl2N2O3/c16-9-2-3-10-11(15(20)18-13(10)7-9)5-8-1-4-12(17)14(6-8)19(21)22/h1-7H,(H,18,20). The molecule has 0 atom stereocenters. The number of carbonyl (C=O) groups is 1. The summed E-state index contributed by atoms with van der Waals surface area (Å²) < 4.78 is 0. The van der Waals surface area contributed by atoms with E-state index in [0.717, 1.165) is 0 Å². The normalized spacial score (nSPS) is 14.8. The van der Waals surface area contributed by atoms with E-state index in [1.54, 1.807) is 30.3 Å². The largest absolute Gasteiger partial charge is 0.321 e. The topological polar surface area (TPSA) is 72.2 Å². The van der Waals surface area contributed by atoms with E-state index in [1.807, 2.05) is 0 Å². The molecule has 0 saturated heterocycles. The Hall–Kier alpha value is -2.37. The Labute approximate surface area is 135 Å². The zero-order valence-corrected chi connectivity index (χ0v) is 12.5. The second kappa shape index (κ2) is 5.44. The molecule has 5 nitrogen and oxygen atoms in total. The number of fused-ring (bicyclic) bond motifs is 1. The number of amides is 1. The van der Waals surface area contributed by atoms with Crippen LogP contribution in [0.1, 0.15) is 11.1 Å². The van der Waals surface area contributed by atoms with E-state index in [2.05, 4.69) is 5.32 Å². The SMILES string of the molecule is O=C1Nc2cc(Cl)ccc2C1=Cc1ccc(Cl)c([N+](=O)[O-])c1. The van der Waals surface area contributed by atoms with Crippen LogP contribution in [0.3, 0.4) is 0 Å². The maximum atomic E-state index is 12.1. The van der Waals surface area contributed by atoms with Gasteiger partial charge in [-0.05, 0) is 29.8 Å². The minimum atomic E-state index is -0.563. The Kier molecular flexibility index (Phi) is 3.60. The maximum absolute atomic E-state index is 12.1. The van der Waals surface area contributed by atoms with Crippen molar-refractivity contribution in [1.29, 1.82) is 0 Å². The number of hydrogen-bond acceptors (Lipinski definition) is 3. The molecule has 0 aromatic heterocycles.